The van der Waals surface area contributed by atoms with Gasteiger partial charge in [0.2, 0.25) is 0 Å². The van der Waals surface area contributed by atoms with Crippen molar-refractivity contribution in [1.29, 1.82) is 0 Å². The Balaban J connectivity index is 1.18. The van der Waals surface area contributed by atoms with Crippen LogP contribution in [0.4, 0.5) is 0 Å². The molecule has 5 nitrogen and oxygen atoms in total. The van der Waals surface area contributed by atoms with Crippen molar-refractivity contribution in [2.24, 2.45) is 0 Å². The van der Waals surface area contributed by atoms with Crippen molar-refractivity contribution < 1.29 is 13.9 Å². The summed E-state index contributed by atoms with van der Waals surface area (Å²) < 4.78 is 18.1. The first-order valence-corrected chi connectivity index (χ1v) is 9.96. The molecule has 1 atom stereocenters. The van der Waals surface area contributed by atoms with Crippen LogP contribution in [-0.4, -0.2) is 67.4 Å². The molecule has 3 saturated heterocycles. The molecule has 3 aliphatic rings. The average molecular weight is 348 g/mol. The minimum atomic E-state index is 0.0634. The standard InChI is InChI=1S/C20H32N2O3/c1-17-4-5-18(25-17)15-22-10-6-20(7-11-22)14-19(16-24-20)23-13-12-21-8-2-3-9-21/h4-5,19H,2-3,6-16H2,1H3. The monoisotopic (exact) mass is 348 g/mol. The third-order valence-corrected chi connectivity index (χ3v) is 6.08. The maximum atomic E-state index is 6.23. The van der Waals surface area contributed by atoms with Crippen LogP contribution < -0.4 is 0 Å². The third kappa shape index (κ3) is 4.45. The highest BCUT2D eigenvalue weighted by Gasteiger charge is 2.43. The number of nitrogens with zero attached hydrogens (tertiary/aromatic N) is 2. The van der Waals surface area contributed by atoms with E-state index < -0.39 is 0 Å². The van der Waals surface area contributed by atoms with E-state index in [1.165, 1.54) is 25.9 Å². The Labute approximate surface area is 151 Å². The Morgan fingerprint density at radius 2 is 1.92 bits per heavy atom. The lowest BCUT2D eigenvalue weighted by atomic mass is 9.88. The SMILES string of the molecule is Cc1ccc(CN2CCC3(CC2)CC(OCCN2CCCC2)CO3)o1. The highest BCUT2D eigenvalue weighted by molar-refractivity contribution is 5.06. The molecule has 4 rings (SSSR count). The minimum absolute atomic E-state index is 0.0634. The molecule has 0 amide bonds. The first-order chi connectivity index (χ1) is 12.2. The molecule has 0 N–H and O–H groups in total. The maximum Gasteiger partial charge on any atom is 0.118 e. The summed E-state index contributed by atoms with van der Waals surface area (Å²) in [6.07, 6.45) is 6.28. The van der Waals surface area contributed by atoms with E-state index in [4.69, 9.17) is 13.9 Å². The zero-order valence-corrected chi connectivity index (χ0v) is 15.5. The van der Waals surface area contributed by atoms with Gasteiger partial charge in [0.1, 0.15) is 11.5 Å². The summed E-state index contributed by atoms with van der Waals surface area (Å²) in [5.74, 6) is 2.07. The predicted octanol–water partition coefficient (Wildman–Crippen LogP) is 2.82. The Hall–Kier alpha value is -0.880. The van der Waals surface area contributed by atoms with E-state index in [9.17, 15) is 0 Å². The van der Waals surface area contributed by atoms with Crippen molar-refractivity contribution in [3.05, 3.63) is 23.7 Å². The fourth-order valence-electron chi connectivity index (χ4n) is 4.52. The van der Waals surface area contributed by atoms with Crippen LogP contribution in [0.15, 0.2) is 16.5 Å². The van der Waals surface area contributed by atoms with E-state index in [1.54, 1.807) is 0 Å². The van der Waals surface area contributed by atoms with Gasteiger partial charge < -0.3 is 18.8 Å². The maximum absolute atomic E-state index is 6.23. The second-order valence-corrected chi connectivity index (χ2v) is 8.03. The van der Waals surface area contributed by atoms with E-state index in [0.717, 1.165) is 70.2 Å². The molecule has 1 aromatic rings. The summed E-state index contributed by atoms with van der Waals surface area (Å²) in [7, 11) is 0. The average Bonchev–Trinajstić information content (AvgIpc) is 3.34. The largest absolute Gasteiger partial charge is 0.465 e. The molecule has 4 heterocycles. The van der Waals surface area contributed by atoms with E-state index >= 15 is 0 Å². The predicted molar refractivity (Wildman–Crippen MR) is 96.7 cm³/mol. The van der Waals surface area contributed by atoms with Crippen molar-refractivity contribution >= 4 is 0 Å². The van der Waals surface area contributed by atoms with Crippen molar-refractivity contribution in [1.82, 2.24) is 9.80 Å². The molecule has 3 aliphatic heterocycles. The van der Waals surface area contributed by atoms with Crippen LogP contribution in [0.25, 0.3) is 0 Å². The summed E-state index contributed by atoms with van der Waals surface area (Å²) in [4.78, 5) is 4.99. The molecule has 25 heavy (non-hydrogen) atoms. The molecule has 1 spiro atoms. The Bertz CT molecular complexity index is 545. The van der Waals surface area contributed by atoms with Crippen molar-refractivity contribution in [2.45, 2.75) is 57.3 Å². The van der Waals surface area contributed by atoms with Gasteiger partial charge in [0, 0.05) is 26.1 Å². The van der Waals surface area contributed by atoms with E-state index in [0.29, 0.717) is 6.10 Å². The molecule has 1 aromatic heterocycles. The third-order valence-electron chi connectivity index (χ3n) is 6.08. The molecule has 0 radical (unpaired) electrons. The summed E-state index contributed by atoms with van der Waals surface area (Å²) in [6.45, 7) is 10.3. The topological polar surface area (TPSA) is 38.1 Å². The van der Waals surface area contributed by atoms with Gasteiger partial charge in [0.05, 0.1) is 31.5 Å². The lowest BCUT2D eigenvalue weighted by molar-refractivity contribution is -0.0475. The van der Waals surface area contributed by atoms with E-state index in [1.807, 2.05) is 13.0 Å². The van der Waals surface area contributed by atoms with Crippen LogP contribution in [-0.2, 0) is 16.0 Å². The Kier molecular flexibility index (Phi) is 5.46. The van der Waals surface area contributed by atoms with Gasteiger partial charge in [-0.1, -0.05) is 0 Å². The number of rotatable bonds is 6. The number of furan rings is 1. The van der Waals surface area contributed by atoms with Crippen LogP contribution >= 0.6 is 0 Å². The van der Waals surface area contributed by atoms with E-state index in [2.05, 4.69) is 15.9 Å². The van der Waals surface area contributed by atoms with Gasteiger partial charge in [0.25, 0.3) is 0 Å². The van der Waals surface area contributed by atoms with Crippen molar-refractivity contribution in [3.63, 3.8) is 0 Å². The number of aryl methyl sites for hydroxylation is 1. The first-order valence-electron chi connectivity index (χ1n) is 9.96. The molecular formula is C20H32N2O3. The smallest absolute Gasteiger partial charge is 0.118 e. The molecule has 0 bridgehead atoms. The molecule has 140 valence electrons. The van der Waals surface area contributed by atoms with Crippen LogP contribution in [0, 0.1) is 6.92 Å². The van der Waals surface area contributed by atoms with Gasteiger partial charge in [-0.3, -0.25) is 4.90 Å². The van der Waals surface area contributed by atoms with Gasteiger partial charge in [-0.2, -0.15) is 0 Å². The van der Waals surface area contributed by atoms with Crippen molar-refractivity contribution in [2.75, 3.05) is 45.9 Å². The number of hydrogen-bond donors (Lipinski definition) is 0. The van der Waals surface area contributed by atoms with Crippen LogP contribution in [0.5, 0.6) is 0 Å². The van der Waals surface area contributed by atoms with Crippen LogP contribution in [0.3, 0.4) is 0 Å². The number of ether oxygens (including phenoxy) is 2. The summed E-state index contributed by atoms with van der Waals surface area (Å²) in [6, 6.07) is 4.14. The summed E-state index contributed by atoms with van der Waals surface area (Å²) in [5.41, 5.74) is 0.0634. The molecule has 0 saturated carbocycles. The molecule has 0 aromatic carbocycles. The number of likely N-dealkylation sites (tertiary alicyclic amines) is 2. The Morgan fingerprint density at radius 3 is 2.64 bits per heavy atom. The van der Waals surface area contributed by atoms with Crippen LogP contribution in [0.2, 0.25) is 0 Å². The van der Waals surface area contributed by atoms with Crippen LogP contribution in [0.1, 0.15) is 43.6 Å². The van der Waals surface area contributed by atoms with Gasteiger partial charge in [0.15, 0.2) is 0 Å². The highest BCUT2D eigenvalue weighted by Crippen LogP contribution is 2.37. The molecule has 0 aliphatic carbocycles. The van der Waals surface area contributed by atoms with Gasteiger partial charge >= 0.3 is 0 Å². The number of piperidine rings is 1. The minimum Gasteiger partial charge on any atom is -0.465 e. The fourth-order valence-corrected chi connectivity index (χ4v) is 4.52. The normalized spacial score (nSPS) is 27.5. The molecular weight excluding hydrogens is 316 g/mol. The first kappa shape index (κ1) is 17.5. The van der Waals surface area contributed by atoms with Crippen molar-refractivity contribution in [3.8, 4) is 0 Å². The summed E-state index contributed by atoms with van der Waals surface area (Å²) in [5, 5.41) is 0. The summed E-state index contributed by atoms with van der Waals surface area (Å²) >= 11 is 0. The van der Waals surface area contributed by atoms with Gasteiger partial charge in [-0.05, 0) is 57.8 Å². The highest BCUT2D eigenvalue weighted by atomic mass is 16.6. The van der Waals surface area contributed by atoms with Gasteiger partial charge in [-0.15, -0.1) is 0 Å². The van der Waals surface area contributed by atoms with E-state index in [-0.39, 0.29) is 5.60 Å². The molecule has 3 fully saturated rings. The lowest BCUT2D eigenvalue weighted by Gasteiger charge is -2.38. The second kappa shape index (κ2) is 7.78. The Morgan fingerprint density at radius 1 is 1.12 bits per heavy atom. The van der Waals surface area contributed by atoms with Gasteiger partial charge in [-0.25, -0.2) is 0 Å². The molecule has 5 heteroatoms. The second-order valence-electron chi connectivity index (χ2n) is 8.03. The molecule has 1 unspecified atom stereocenters. The zero-order valence-electron chi connectivity index (χ0n) is 15.5. The lowest BCUT2D eigenvalue weighted by Crippen LogP contribution is -2.43. The quantitative estimate of drug-likeness (QED) is 0.790. The fraction of sp³-hybridized carbons (Fsp3) is 0.800. The number of hydrogen-bond acceptors (Lipinski definition) is 5. The zero-order chi connectivity index (χ0) is 17.1.